The number of hydrogen-bond acceptors (Lipinski definition) is 8. The van der Waals surface area contributed by atoms with Crippen LogP contribution in [-0.4, -0.2) is 59.9 Å². The van der Waals surface area contributed by atoms with Gasteiger partial charge in [-0.1, -0.05) is 0 Å². The van der Waals surface area contributed by atoms with Gasteiger partial charge >= 0.3 is 0 Å². The highest BCUT2D eigenvalue weighted by molar-refractivity contribution is 5.99. The number of amides is 1. The number of aromatic nitrogens is 5. The molecule has 1 aliphatic heterocycles. The molecular formula is C18H20FN7O3. The Kier molecular flexibility index (Phi) is 4.97. The molecule has 0 spiro atoms. The monoisotopic (exact) mass is 401 g/mol. The van der Waals surface area contributed by atoms with E-state index in [0.717, 1.165) is 12.6 Å². The number of nitrogens with one attached hydrogen (secondary N) is 1. The number of carbonyl (C=O) groups is 1. The molecule has 3 aromatic heterocycles. The molecule has 152 valence electrons. The Morgan fingerprint density at radius 1 is 1.41 bits per heavy atom. The fourth-order valence-electron chi connectivity index (χ4n) is 3.44. The molecule has 3 N–H and O–H groups in total. The van der Waals surface area contributed by atoms with Gasteiger partial charge in [0.05, 0.1) is 24.5 Å². The van der Waals surface area contributed by atoms with Crippen LogP contribution >= 0.6 is 0 Å². The van der Waals surface area contributed by atoms with E-state index in [1.807, 2.05) is 4.90 Å². The Morgan fingerprint density at radius 3 is 3.03 bits per heavy atom. The molecule has 4 heterocycles. The third-order valence-electron chi connectivity index (χ3n) is 4.79. The molecule has 3 aromatic rings. The molecule has 0 aromatic carbocycles. The quantitative estimate of drug-likeness (QED) is 0.573. The zero-order valence-electron chi connectivity index (χ0n) is 15.7. The Bertz CT molecular complexity index is 1060. The van der Waals surface area contributed by atoms with Crippen molar-refractivity contribution in [3.8, 4) is 5.88 Å². The number of carbonyl (C=O) groups excluding carboxylic acids is 1. The highest BCUT2D eigenvalue weighted by Gasteiger charge is 2.31. The number of anilines is 1. The molecular weight excluding hydrogens is 381 g/mol. The van der Waals surface area contributed by atoms with E-state index in [2.05, 4.69) is 25.4 Å². The van der Waals surface area contributed by atoms with E-state index < -0.39 is 17.8 Å². The highest BCUT2D eigenvalue weighted by atomic mass is 19.1. The Morgan fingerprint density at radius 2 is 2.24 bits per heavy atom. The van der Waals surface area contributed by atoms with Crippen LogP contribution < -0.4 is 10.2 Å². The standard InChI is InChI=1S/C18H20FN7O3/c1-10(27)6-20-17(29)13-8-23-26-9-22-18(24-15(13)26)25-4-2-3-14(25)12-5-11(19)7-21-16(12)28/h5,7-10,14,27H,2-4,6H2,1H3,(H,20,29)(H,21,28)/t10?,14-/m1/s1. The van der Waals surface area contributed by atoms with Gasteiger partial charge in [0.2, 0.25) is 11.8 Å². The Hall–Kier alpha value is -3.34. The molecule has 0 radical (unpaired) electrons. The third-order valence-corrected chi connectivity index (χ3v) is 4.79. The van der Waals surface area contributed by atoms with Crippen LogP contribution in [0, 0.1) is 5.82 Å². The van der Waals surface area contributed by atoms with E-state index in [9.17, 15) is 19.4 Å². The number of fused-ring (bicyclic) bond motifs is 1. The molecule has 1 saturated heterocycles. The van der Waals surface area contributed by atoms with Crippen molar-refractivity contribution in [1.29, 1.82) is 0 Å². The lowest BCUT2D eigenvalue weighted by Crippen LogP contribution is -2.30. The normalized spacial score (nSPS) is 17.6. The van der Waals surface area contributed by atoms with Crippen LogP contribution in [0.5, 0.6) is 5.88 Å². The number of pyridine rings is 1. The predicted octanol–water partition coefficient (Wildman–Crippen LogP) is 0.816. The molecule has 4 rings (SSSR count). The van der Waals surface area contributed by atoms with Gasteiger partial charge in [-0.15, -0.1) is 0 Å². The Labute approximate surface area is 165 Å². The summed E-state index contributed by atoms with van der Waals surface area (Å²) < 4.78 is 15.1. The topological polar surface area (TPSA) is 129 Å². The van der Waals surface area contributed by atoms with E-state index in [1.165, 1.54) is 23.1 Å². The van der Waals surface area contributed by atoms with Gasteiger partial charge in [0.25, 0.3) is 5.91 Å². The van der Waals surface area contributed by atoms with Crippen molar-refractivity contribution in [2.24, 2.45) is 0 Å². The minimum atomic E-state index is -0.677. The first kappa shape index (κ1) is 19.0. The second-order valence-electron chi connectivity index (χ2n) is 6.96. The fraction of sp³-hybridized carbons (Fsp3) is 0.389. The highest BCUT2D eigenvalue weighted by Crippen LogP contribution is 2.37. The molecule has 1 amide bonds. The number of rotatable bonds is 5. The van der Waals surface area contributed by atoms with E-state index in [1.54, 1.807) is 6.92 Å². The van der Waals surface area contributed by atoms with Crippen molar-refractivity contribution >= 4 is 17.5 Å². The third kappa shape index (κ3) is 3.68. The fourth-order valence-corrected chi connectivity index (χ4v) is 3.44. The van der Waals surface area contributed by atoms with E-state index >= 15 is 0 Å². The average Bonchev–Trinajstić information content (AvgIpc) is 3.34. The summed E-state index contributed by atoms with van der Waals surface area (Å²) in [6, 6.07) is 0.925. The molecule has 29 heavy (non-hydrogen) atoms. The number of hydrogen-bond donors (Lipinski definition) is 3. The molecule has 1 fully saturated rings. The lowest BCUT2D eigenvalue weighted by molar-refractivity contribution is 0.0925. The maximum absolute atomic E-state index is 13.7. The van der Waals surface area contributed by atoms with Gasteiger partial charge in [-0.2, -0.15) is 10.1 Å². The maximum atomic E-state index is 13.7. The molecule has 1 unspecified atom stereocenters. The van der Waals surface area contributed by atoms with Crippen LogP contribution in [0.25, 0.3) is 5.65 Å². The summed E-state index contributed by atoms with van der Waals surface area (Å²) in [6.45, 7) is 2.28. The van der Waals surface area contributed by atoms with Gasteiger partial charge in [0.15, 0.2) is 5.65 Å². The number of aromatic hydroxyl groups is 1. The summed E-state index contributed by atoms with van der Waals surface area (Å²) >= 11 is 0. The lowest BCUT2D eigenvalue weighted by atomic mass is 10.1. The second-order valence-corrected chi connectivity index (χ2v) is 6.96. The summed E-state index contributed by atoms with van der Waals surface area (Å²) in [4.78, 5) is 26.7. The molecule has 1 aliphatic rings. The van der Waals surface area contributed by atoms with Crippen molar-refractivity contribution in [1.82, 2.24) is 29.9 Å². The largest absolute Gasteiger partial charge is 0.493 e. The summed E-state index contributed by atoms with van der Waals surface area (Å²) in [5.74, 6) is -0.829. The molecule has 10 nitrogen and oxygen atoms in total. The van der Waals surface area contributed by atoms with Gasteiger partial charge in [-0.05, 0) is 25.8 Å². The van der Waals surface area contributed by atoms with Crippen molar-refractivity contribution in [2.75, 3.05) is 18.0 Å². The summed E-state index contributed by atoms with van der Waals surface area (Å²) in [6.07, 6.45) is 4.59. The number of nitrogens with zero attached hydrogens (tertiary/aromatic N) is 6. The van der Waals surface area contributed by atoms with Gasteiger partial charge in [-0.25, -0.2) is 18.9 Å². The van der Waals surface area contributed by atoms with Crippen LogP contribution in [0.3, 0.4) is 0 Å². The van der Waals surface area contributed by atoms with Gasteiger partial charge < -0.3 is 20.4 Å². The van der Waals surface area contributed by atoms with E-state index in [-0.39, 0.29) is 24.0 Å². The summed E-state index contributed by atoms with van der Waals surface area (Å²) in [5, 5.41) is 26.1. The zero-order valence-corrected chi connectivity index (χ0v) is 15.7. The molecule has 0 saturated carbocycles. The van der Waals surface area contributed by atoms with Crippen molar-refractivity contribution < 1.29 is 19.4 Å². The van der Waals surface area contributed by atoms with Gasteiger partial charge in [0, 0.05) is 18.7 Å². The average molecular weight is 401 g/mol. The van der Waals surface area contributed by atoms with Crippen LogP contribution in [-0.2, 0) is 0 Å². The number of aliphatic hydroxyl groups is 1. The first-order valence-electron chi connectivity index (χ1n) is 9.21. The van der Waals surface area contributed by atoms with Crippen LogP contribution in [0.15, 0.2) is 24.8 Å². The zero-order chi connectivity index (χ0) is 20.5. The molecule has 0 aliphatic carbocycles. The van der Waals surface area contributed by atoms with Gasteiger partial charge in [0.1, 0.15) is 17.7 Å². The van der Waals surface area contributed by atoms with E-state index in [4.69, 9.17) is 0 Å². The van der Waals surface area contributed by atoms with Gasteiger partial charge in [-0.3, -0.25) is 4.79 Å². The Balaban J connectivity index is 1.67. The summed E-state index contributed by atoms with van der Waals surface area (Å²) in [5.41, 5.74) is 0.931. The molecule has 11 heteroatoms. The summed E-state index contributed by atoms with van der Waals surface area (Å²) in [7, 11) is 0. The first-order valence-corrected chi connectivity index (χ1v) is 9.21. The van der Waals surface area contributed by atoms with Crippen LogP contribution in [0.2, 0.25) is 0 Å². The smallest absolute Gasteiger partial charge is 0.256 e. The predicted molar refractivity (Wildman–Crippen MR) is 100.0 cm³/mol. The molecule has 2 atom stereocenters. The lowest BCUT2D eigenvalue weighted by Gasteiger charge is -2.25. The number of halogens is 1. The van der Waals surface area contributed by atoms with Crippen LogP contribution in [0.1, 0.15) is 41.7 Å². The second kappa shape index (κ2) is 7.59. The SMILES string of the molecule is CC(O)CNC(=O)c1cnn2cnc(N3CCC[C@@H]3c3cc(F)cnc3O)nc12. The van der Waals surface area contributed by atoms with Crippen molar-refractivity contribution in [3.63, 3.8) is 0 Å². The van der Waals surface area contributed by atoms with Crippen molar-refractivity contribution in [2.45, 2.75) is 31.9 Å². The number of aliphatic hydroxyl groups excluding tert-OH is 1. The minimum Gasteiger partial charge on any atom is -0.493 e. The van der Waals surface area contributed by atoms with Crippen LogP contribution in [0.4, 0.5) is 10.3 Å². The minimum absolute atomic E-state index is 0.105. The molecule has 0 bridgehead atoms. The maximum Gasteiger partial charge on any atom is 0.256 e. The van der Waals surface area contributed by atoms with E-state index in [0.29, 0.717) is 30.1 Å². The van der Waals surface area contributed by atoms with Crippen molar-refractivity contribution in [3.05, 3.63) is 41.7 Å². The first-order chi connectivity index (χ1) is 13.9.